The Morgan fingerprint density at radius 1 is 1.10 bits per heavy atom. The van der Waals surface area contributed by atoms with Gasteiger partial charge in [-0.1, -0.05) is 23.4 Å². The molecule has 3 aliphatic heterocycles. The topological polar surface area (TPSA) is 54.4 Å². The van der Waals surface area contributed by atoms with Crippen LogP contribution in [0.5, 0.6) is 0 Å². The monoisotopic (exact) mass is 632 g/mol. The third kappa shape index (κ3) is 8.73. The lowest BCUT2D eigenvalue weighted by Gasteiger charge is -2.39. The van der Waals surface area contributed by atoms with Gasteiger partial charge in [-0.05, 0) is 55.8 Å². The Morgan fingerprint density at radius 3 is 2.38 bits per heavy atom. The number of carbonyl (C=O) groups is 1. The summed E-state index contributed by atoms with van der Waals surface area (Å²) in [5, 5.41) is 7.48. The van der Waals surface area contributed by atoms with E-state index in [-0.39, 0.29) is 33.6 Å². The fraction of sp³-hybridized carbons (Fsp3) is 0.667. The Balaban J connectivity index is 1.13. The number of amides is 1. The van der Waals surface area contributed by atoms with E-state index >= 15 is 0 Å². The van der Waals surface area contributed by atoms with Gasteiger partial charge in [0.15, 0.2) is 5.50 Å². The smallest absolute Gasteiger partial charge is 0.382 e. The van der Waals surface area contributed by atoms with Crippen LogP contribution in [0.3, 0.4) is 0 Å². The van der Waals surface area contributed by atoms with Crippen molar-refractivity contribution in [3.63, 3.8) is 0 Å². The van der Waals surface area contributed by atoms with Crippen molar-refractivity contribution in [2.45, 2.75) is 53.8 Å². The molecule has 1 atom stereocenters. The zero-order valence-electron chi connectivity index (χ0n) is 21.8. The average Bonchev–Trinajstić information content (AvgIpc) is 3.28. The molecule has 3 aliphatic rings. The predicted molar refractivity (Wildman–Crippen MR) is 146 cm³/mol. The summed E-state index contributed by atoms with van der Waals surface area (Å²) < 4.78 is 77.2. The van der Waals surface area contributed by atoms with Crippen LogP contribution in [-0.4, -0.2) is 107 Å². The van der Waals surface area contributed by atoms with Crippen LogP contribution in [0.25, 0.3) is 0 Å². The maximum atomic E-state index is 13.0. The van der Waals surface area contributed by atoms with E-state index in [4.69, 9.17) is 11.6 Å². The summed E-state index contributed by atoms with van der Waals surface area (Å²) in [4.78, 5) is 18.7. The zero-order valence-corrected chi connectivity index (χ0v) is 24.2. The highest BCUT2D eigenvalue weighted by Crippen LogP contribution is 2.41. The number of hydrogen-bond donors (Lipinski definition) is 1. The van der Waals surface area contributed by atoms with Gasteiger partial charge in [-0.25, -0.2) is 0 Å². The van der Waals surface area contributed by atoms with Gasteiger partial charge >= 0.3 is 11.7 Å². The number of anilines is 1. The van der Waals surface area contributed by atoms with Gasteiger partial charge in [0.1, 0.15) is 0 Å². The summed E-state index contributed by atoms with van der Waals surface area (Å²) in [7, 11) is 1.55. The van der Waals surface area contributed by atoms with Crippen molar-refractivity contribution in [2.24, 2.45) is 5.10 Å². The molecule has 1 unspecified atom stereocenters. The highest BCUT2D eigenvalue weighted by Gasteiger charge is 2.45. The highest BCUT2D eigenvalue weighted by molar-refractivity contribution is 8.14. The molecule has 16 heteroatoms. The standard InChI is InChI=1S/C24H31ClF6N6OS2/c1-34-22(39-21(33-34)23(26,27)28)37-13-11-35(12-14-37)8-2-3-20(38)36-9-6-16(7-10-36)32-17-4-5-18(25)19(15-17)40-24(29,30)31/h4-5,15-16,22,32H,2-3,6-14H2,1H3. The Labute approximate surface area is 242 Å². The van der Waals surface area contributed by atoms with Crippen LogP contribution >= 0.6 is 35.1 Å². The van der Waals surface area contributed by atoms with Crippen LogP contribution in [0, 0.1) is 0 Å². The van der Waals surface area contributed by atoms with Gasteiger partial charge in [0.05, 0.1) is 5.02 Å². The number of halogens is 7. The normalized spacial score (nSPS) is 22.1. The Hall–Kier alpha value is -1.55. The van der Waals surface area contributed by atoms with Crippen molar-refractivity contribution >= 4 is 51.8 Å². The third-order valence-corrected chi connectivity index (χ3v) is 9.57. The number of piperazine rings is 1. The van der Waals surface area contributed by atoms with Gasteiger partial charge in [0.2, 0.25) is 11.0 Å². The number of likely N-dealkylation sites (tertiary alicyclic amines) is 1. The predicted octanol–water partition coefficient (Wildman–Crippen LogP) is 5.59. The molecule has 1 aromatic rings. The maximum absolute atomic E-state index is 13.0. The average molecular weight is 633 g/mol. The van der Waals surface area contributed by atoms with Crippen molar-refractivity contribution < 1.29 is 31.1 Å². The van der Waals surface area contributed by atoms with Gasteiger partial charge in [-0.15, -0.1) is 0 Å². The van der Waals surface area contributed by atoms with E-state index in [0.29, 0.717) is 70.6 Å². The number of benzene rings is 1. The SMILES string of the molecule is CN1N=C(C(F)(F)F)SC1N1CCN(CCCC(=O)N2CCC(Nc3ccc(Cl)c(SC(F)(F)F)c3)CC2)CC1. The molecule has 2 fully saturated rings. The van der Waals surface area contributed by atoms with Gasteiger partial charge in [-0.2, -0.15) is 31.4 Å². The molecule has 1 N–H and O–H groups in total. The minimum absolute atomic E-state index is 0.0416. The Kier molecular flexibility index (Phi) is 10.3. The van der Waals surface area contributed by atoms with Crippen LogP contribution in [0.4, 0.5) is 32.0 Å². The van der Waals surface area contributed by atoms with E-state index in [9.17, 15) is 31.1 Å². The zero-order chi connectivity index (χ0) is 29.1. The van der Waals surface area contributed by atoms with Crippen molar-refractivity contribution in [1.29, 1.82) is 0 Å². The van der Waals surface area contributed by atoms with Crippen LogP contribution in [0.15, 0.2) is 28.2 Å². The van der Waals surface area contributed by atoms with Crippen LogP contribution in [0.1, 0.15) is 25.7 Å². The Morgan fingerprint density at radius 2 is 1.77 bits per heavy atom. The summed E-state index contributed by atoms with van der Waals surface area (Å²) >= 11 is 6.40. The van der Waals surface area contributed by atoms with Crippen molar-refractivity contribution in [2.75, 3.05) is 58.2 Å². The van der Waals surface area contributed by atoms with Gasteiger partial charge in [0, 0.05) is 69.4 Å². The number of nitrogens with one attached hydrogen (secondary N) is 1. The fourth-order valence-electron chi connectivity index (χ4n) is 4.95. The summed E-state index contributed by atoms with van der Waals surface area (Å²) in [6, 6.07) is 4.54. The molecular weight excluding hydrogens is 602 g/mol. The highest BCUT2D eigenvalue weighted by atomic mass is 35.5. The molecule has 0 aromatic heterocycles. The lowest BCUT2D eigenvalue weighted by molar-refractivity contribution is -0.132. The van der Waals surface area contributed by atoms with Crippen LogP contribution < -0.4 is 5.32 Å². The molecule has 0 spiro atoms. The van der Waals surface area contributed by atoms with Gasteiger partial charge < -0.3 is 15.1 Å². The van der Waals surface area contributed by atoms with Crippen molar-refractivity contribution in [1.82, 2.24) is 19.7 Å². The number of carbonyl (C=O) groups excluding carboxylic acids is 1. The molecule has 0 saturated carbocycles. The van der Waals surface area contributed by atoms with E-state index in [2.05, 4.69) is 15.3 Å². The quantitative estimate of drug-likeness (QED) is 0.296. The fourth-order valence-corrected chi connectivity index (χ4v) is 6.85. The second-order valence-corrected chi connectivity index (χ2v) is 12.5. The molecule has 1 aromatic carbocycles. The first-order valence-electron chi connectivity index (χ1n) is 12.9. The van der Waals surface area contributed by atoms with E-state index < -0.39 is 22.2 Å². The van der Waals surface area contributed by atoms with E-state index in [1.807, 2.05) is 9.80 Å². The van der Waals surface area contributed by atoms with E-state index in [1.54, 1.807) is 13.1 Å². The lowest BCUT2D eigenvalue weighted by atomic mass is 10.0. The summed E-state index contributed by atoms with van der Waals surface area (Å²) in [6.07, 6.45) is -1.96. The molecule has 224 valence electrons. The summed E-state index contributed by atoms with van der Waals surface area (Å²) in [6.45, 7) is 4.56. The molecule has 0 radical (unpaired) electrons. The summed E-state index contributed by atoms with van der Waals surface area (Å²) in [5.74, 6) is 0.0771. The van der Waals surface area contributed by atoms with Crippen LogP contribution in [0.2, 0.25) is 5.02 Å². The Bertz CT molecular complexity index is 1060. The largest absolute Gasteiger partial charge is 0.446 e. The molecule has 4 rings (SSSR count). The molecule has 0 bridgehead atoms. The first-order valence-corrected chi connectivity index (χ1v) is 15.0. The molecule has 2 saturated heterocycles. The number of piperidine rings is 1. The molecular formula is C24H31ClF6N6OS2. The number of alkyl halides is 6. The van der Waals surface area contributed by atoms with Crippen molar-refractivity contribution in [3.8, 4) is 0 Å². The molecule has 0 aliphatic carbocycles. The molecule has 7 nitrogen and oxygen atoms in total. The first kappa shape index (κ1) is 31.4. The maximum Gasteiger partial charge on any atom is 0.446 e. The van der Waals surface area contributed by atoms with E-state index in [1.165, 1.54) is 17.1 Å². The number of hydrogen-bond acceptors (Lipinski definition) is 8. The molecule has 3 heterocycles. The van der Waals surface area contributed by atoms with Crippen molar-refractivity contribution in [3.05, 3.63) is 23.2 Å². The number of rotatable bonds is 8. The second-order valence-electron chi connectivity index (χ2n) is 9.89. The third-order valence-electron chi connectivity index (χ3n) is 6.99. The van der Waals surface area contributed by atoms with Gasteiger partial charge in [0.25, 0.3) is 0 Å². The molecule has 40 heavy (non-hydrogen) atoms. The second kappa shape index (κ2) is 13.2. The minimum Gasteiger partial charge on any atom is -0.382 e. The number of hydrazone groups is 1. The number of thioether (sulfide) groups is 2. The number of nitrogens with zero attached hydrogens (tertiary/aromatic N) is 5. The lowest BCUT2D eigenvalue weighted by Crippen LogP contribution is -2.52. The van der Waals surface area contributed by atoms with Crippen LogP contribution in [-0.2, 0) is 4.79 Å². The van der Waals surface area contributed by atoms with E-state index in [0.717, 1.165) is 18.3 Å². The minimum atomic E-state index is -4.44. The van der Waals surface area contributed by atoms with Gasteiger partial charge in [-0.3, -0.25) is 14.7 Å². The first-order chi connectivity index (χ1) is 18.8. The molecule has 1 amide bonds. The summed E-state index contributed by atoms with van der Waals surface area (Å²) in [5.41, 5.74) is -4.32.